The molecule has 0 amide bonds. The van der Waals surface area contributed by atoms with Gasteiger partial charge in [0.25, 0.3) is 0 Å². The van der Waals surface area contributed by atoms with E-state index in [1.165, 1.54) is 30.3 Å². The smallest absolute Gasteiger partial charge is 0.336 e. The second-order valence-electron chi connectivity index (χ2n) is 3.58. The number of allylic oxidation sites excluding steroid dienone is 1. The summed E-state index contributed by atoms with van der Waals surface area (Å²) in [5, 5.41) is 9.22. The van der Waals surface area contributed by atoms with E-state index >= 15 is 0 Å². The third kappa shape index (κ3) is 1.55. The SMILES string of the molecule is CC1=CC(C(=O)O)(c2ccc(F)cc2)NO1. The molecule has 0 saturated heterocycles. The van der Waals surface area contributed by atoms with Gasteiger partial charge in [-0.2, -0.15) is 0 Å². The van der Waals surface area contributed by atoms with Crippen LogP contribution in [0.1, 0.15) is 12.5 Å². The molecule has 2 N–H and O–H groups in total. The number of aliphatic carboxylic acids is 1. The molecule has 0 spiro atoms. The highest BCUT2D eigenvalue weighted by atomic mass is 19.1. The van der Waals surface area contributed by atoms with E-state index in [4.69, 9.17) is 4.84 Å². The Hall–Kier alpha value is -1.88. The molecule has 2 rings (SSSR count). The summed E-state index contributed by atoms with van der Waals surface area (Å²) in [6, 6.07) is 5.25. The molecule has 0 aromatic heterocycles. The summed E-state index contributed by atoms with van der Waals surface area (Å²) in [7, 11) is 0. The molecule has 1 aliphatic rings. The van der Waals surface area contributed by atoms with Gasteiger partial charge in [0.05, 0.1) is 0 Å². The van der Waals surface area contributed by atoms with Crippen molar-refractivity contribution in [1.29, 1.82) is 0 Å². The lowest BCUT2D eigenvalue weighted by atomic mass is 9.90. The van der Waals surface area contributed by atoms with Crippen LogP contribution in [0, 0.1) is 5.82 Å². The monoisotopic (exact) mass is 223 g/mol. The molecule has 5 heteroatoms. The number of hydroxylamine groups is 1. The molecular formula is C11H10FNO3. The van der Waals surface area contributed by atoms with Crippen molar-refractivity contribution in [3.8, 4) is 0 Å². The topological polar surface area (TPSA) is 58.6 Å². The Balaban J connectivity index is 2.49. The minimum atomic E-state index is -1.43. The summed E-state index contributed by atoms with van der Waals surface area (Å²) in [5.74, 6) is -1.05. The maximum atomic E-state index is 12.8. The third-order valence-electron chi connectivity index (χ3n) is 2.43. The van der Waals surface area contributed by atoms with E-state index < -0.39 is 17.3 Å². The lowest BCUT2D eigenvalue weighted by molar-refractivity contribution is -0.146. The standard InChI is InChI=1S/C11H10FNO3/c1-7-6-11(10(14)15,13-16-7)8-2-4-9(12)5-3-8/h2-6,13H,1H3,(H,14,15). The van der Waals surface area contributed by atoms with Crippen LogP contribution in [0.2, 0.25) is 0 Å². The first-order chi connectivity index (χ1) is 7.54. The summed E-state index contributed by atoms with van der Waals surface area (Å²) >= 11 is 0. The highest BCUT2D eigenvalue weighted by molar-refractivity contribution is 5.83. The van der Waals surface area contributed by atoms with Gasteiger partial charge in [-0.05, 0) is 30.7 Å². The molecule has 0 bridgehead atoms. The Morgan fingerprint density at radius 1 is 1.44 bits per heavy atom. The van der Waals surface area contributed by atoms with Crippen molar-refractivity contribution in [2.24, 2.45) is 0 Å². The Morgan fingerprint density at radius 2 is 2.06 bits per heavy atom. The molecule has 1 heterocycles. The number of benzene rings is 1. The van der Waals surface area contributed by atoms with Gasteiger partial charge in [0.1, 0.15) is 11.6 Å². The molecule has 0 aliphatic carbocycles. The first kappa shape index (κ1) is 10.6. The van der Waals surface area contributed by atoms with Gasteiger partial charge in [0.15, 0.2) is 5.54 Å². The van der Waals surface area contributed by atoms with Crippen LogP contribution in [-0.4, -0.2) is 11.1 Å². The summed E-state index contributed by atoms with van der Waals surface area (Å²) in [5.41, 5.74) is 1.42. The van der Waals surface area contributed by atoms with Crippen molar-refractivity contribution in [3.05, 3.63) is 47.5 Å². The lowest BCUT2D eigenvalue weighted by Crippen LogP contribution is -2.43. The van der Waals surface area contributed by atoms with E-state index in [2.05, 4.69) is 5.48 Å². The van der Waals surface area contributed by atoms with Crippen LogP contribution in [0.3, 0.4) is 0 Å². The zero-order valence-corrected chi connectivity index (χ0v) is 8.53. The van der Waals surface area contributed by atoms with Crippen LogP contribution in [0.25, 0.3) is 0 Å². The lowest BCUT2D eigenvalue weighted by Gasteiger charge is -2.21. The van der Waals surface area contributed by atoms with Gasteiger partial charge < -0.3 is 9.94 Å². The minimum absolute atomic E-state index is 0.413. The number of carbonyl (C=O) groups is 1. The van der Waals surface area contributed by atoms with Crippen LogP contribution in [-0.2, 0) is 15.2 Å². The van der Waals surface area contributed by atoms with E-state index in [9.17, 15) is 14.3 Å². The van der Waals surface area contributed by atoms with Crippen molar-refractivity contribution in [2.45, 2.75) is 12.5 Å². The van der Waals surface area contributed by atoms with Gasteiger partial charge in [-0.1, -0.05) is 12.1 Å². The predicted octanol–water partition coefficient (Wildman–Crippen LogP) is 1.54. The molecule has 1 aromatic rings. The van der Waals surface area contributed by atoms with Crippen molar-refractivity contribution in [1.82, 2.24) is 5.48 Å². The Bertz CT molecular complexity index is 455. The van der Waals surface area contributed by atoms with Crippen LogP contribution in [0.15, 0.2) is 36.1 Å². The van der Waals surface area contributed by atoms with Crippen LogP contribution in [0.5, 0.6) is 0 Å². The second kappa shape index (κ2) is 3.61. The molecule has 1 aliphatic heterocycles. The molecule has 1 unspecified atom stereocenters. The van der Waals surface area contributed by atoms with Gasteiger partial charge in [-0.15, -0.1) is 5.48 Å². The van der Waals surface area contributed by atoms with Crippen molar-refractivity contribution < 1.29 is 19.1 Å². The van der Waals surface area contributed by atoms with E-state index in [0.29, 0.717) is 11.3 Å². The summed E-state index contributed by atoms with van der Waals surface area (Å²) < 4.78 is 12.8. The highest BCUT2D eigenvalue weighted by Crippen LogP contribution is 2.29. The molecule has 0 radical (unpaired) electrons. The first-order valence-electron chi connectivity index (χ1n) is 4.67. The van der Waals surface area contributed by atoms with Crippen molar-refractivity contribution in [3.63, 3.8) is 0 Å². The fraction of sp³-hybridized carbons (Fsp3) is 0.182. The number of nitrogens with one attached hydrogen (secondary N) is 1. The van der Waals surface area contributed by atoms with Gasteiger partial charge in [-0.25, -0.2) is 9.18 Å². The van der Waals surface area contributed by atoms with Gasteiger partial charge in [-0.3, -0.25) is 0 Å². The number of halogens is 1. The molecule has 1 atom stereocenters. The van der Waals surface area contributed by atoms with Crippen LogP contribution in [0.4, 0.5) is 4.39 Å². The summed E-state index contributed by atoms with van der Waals surface area (Å²) in [6.07, 6.45) is 1.45. The minimum Gasteiger partial charge on any atom is -0.479 e. The fourth-order valence-corrected chi connectivity index (χ4v) is 1.61. The number of carboxylic acid groups (broad SMARTS) is 1. The van der Waals surface area contributed by atoms with Gasteiger partial charge in [0.2, 0.25) is 0 Å². The summed E-state index contributed by atoms with van der Waals surface area (Å²) in [4.78, 5) is 16.2. The van der Waals surface area contributed by atoms with Gasteiger partial charge in [0, 0.05) is 0 Å². The first-order valence-corrected chi connectivity index (χ1v) is 4.67. The largest absolute Gasteiger partial charge is 0.479 e. The van der Waals surface area contributed by atoms with Crippen LogP contribution < -0.4 is 5.48 Å². The van der Waals surface area contributed by atoms with E-state index in [-0.39, 0.29) is 0 Å². The average molecular weight is 223 g/mol. The number of hydrogen-bond donors (Lipinski definition) is 2. The predicted molar refractivity (Wildman–Crippen MR) is 53.7 cm³/mol. The van der Waals surface area contributed by atoms with Gasteiger partial charge >= 0.3 is 5.97 Å². The Morgan fingerprint density at radius 3 is 2.50 bits per heavy atom. The van der Waals surface area contributed by atoms with Crippen molar-refractivity contribution in [2.75, 3.05) is 0 Å². The summed E-state index contributed by atoms with van der Waals surface area (Å²) in [6.45, 7) is 1.64. The molecule has 1 aromatic carbocycles. The molecule has 0 fully saturated rings. The molecule has 16 heavy (non-hydrogen) atoms. The number of carboxylic acids is 1. The molecule has 0 saturated carbocycles. The third-order valence-corrected chi connectivity index (χ3v) is 2.43. The van der Waals surface area contributed by atoms with Crippen LogP contribution >= 0.6 is 0 Å². The Labute approximate surface area is 91.3 Å². The molecule has 4 nitrogen and oxygen atoms in total. The second-order valence-corrected chi connectivity index (χ2v) is 3.58. The molecule has 84 valence electrons. The maximum absolute atomic E-state index is 12.8. The Kier molecular flexibility index (Phi) is 2.40. The zero-order chi connectivity index (χ0) is 11.8. The molecular weight excluding hydrogens is 213 g/mol. The maximum Gasteiger partial charge on any atom is 0.336 e. The number of rotatable bonds is 2. The fourth-order valence-electron chi connectivity index (χ4n) is 1.61. The average Bonchev–Trinajstić information content (AvgIpc) is 2.63. The van der Waals surface area contributed by atoms with Crippen molar-refractivity contribution >= 4 is 5.97 Å². The zero-order valence-electron chi connectivity index (χ0n) is 8.53. The highest BCUT2D eigenvalue weighted by Gasteiger charge is 2.43. The van der Waals surface area contributed by atoms with E-state index in [1.54, 1.807) is 6.92 Å². The van der Waals surface area contributed by atoms with E-state index in [1.807, 2.05) is 0 Å². The quantitative estimate of drug-likeness (QED) is 0.798. The van der Waals surface area contributed by atoms with E-state index in [0.717, 1.165) is 0 Å². The number of hydrogen-bond acceptors (Lipinski definition) is 3. The normalized spacial score (nSPS) is 23.8.